The van der Waals surface area contributed by atoms with Crippen molar-refractivity contribution in [3.05, 3.63) is 75.2 Å². The molecule has 0 aliphatic rings. The number of amides is 1. The molecule has 0 aliphatic carbocycles. The van der Waals surface area contributed by atoms with E-state index >= 15 is 0 Å². The molecular weight excluding hydrogens is 472 g/mol. The van der Waals surface area contributed by atoms with Gasteiger partial charge >= 0.3 is 0 Å². The molecule has 4 aromatic rings. The number of aryl methyl sites for hydroxylation is 1. The third-order valence-corrected chi connectivity index (χ3v) is 8.08. The van der Waals surface area contributed by atoms with E-state index in [1.54, 1.807) is 11.3 Å². The molecule has 0 bridgehead atoms. The van der Waals surface area contributed by atoms with Gasteiger partial charge in [-0.05, 0) is 37.3 Å². The van der Waals surface area contributed by atoms with Gasteiger partial charge in [0.2, 0.25) is 11.0 Å². The number of hydrogen-bond acceptors (Lipinski definition) is 8. The molecule has 1 amide bonds. The lowest BCUT2D eigenvalue weighted by Crippen LogP contribution is -2.25. The highest BCUT2D eigenvalue weighted by atomic mass is 32.2. The van der Waals surface area contributed by atoms with Crippen molar-refractivity contribution in [2.24, 2.45) is 0 Å². The van der Waals surface area contributed by atoms with Gasteiger partial charge in [0.05, 0.1) is 18.0 Å². The lowest BCUT2D eigenvalue weighted by atomic mass is 10.2. The quantitative estimate of drug-likeness (QED) is 0.296. The number of nitrogens with zero attached hydrogens (tertiary/aromatic N) is 4. The molecule has 0 saturated carbocycles. The van der Waals surface area contributed by atoms with Gasteiger partial charge in [-0.15, -0.1) is 21.5 Å². The monoisotopic (exact) mass is 498 g/mol. The molecule has 10 heteroatoms. The van der Waals surface area contributed by atoms with Crippen molar-refractivity contribution in [3.63, 3.8) is 0 Å². The van der Waals surface area contributed by atoms with Crippen LogP contribution in [0.2, 0.25) is 0 Å². The molecule has 0 fully saturated rings. The normalized spacial score (nSPS) is 11.0. The minimum Gasteiger partial charge on any atom is -0.360 e. The standard InChI is InChI=1S/C23H26N6OS3/c1-16-20(17(2)29(28-16)14-18-7-4-3-5-8-18)13-25-21(30)15-32-23-27-26-22(33-23)24-11-10-19-9-6-12-31-19/h3-9,12H,10-11,13-15H2,1-2H3,(H,24,26)(H,25,30). The second-order valence-corrected chi connectivity index (χ2v) is 10.7. The summed E-state index contributed by atoms with van der Waals surface area (Å²) in [5.41, 5.74) is 4.29. The van der Waals surface area contributed by atoms with Gasteiger partial charge in [-0.1, -0.05) is 59.5 Å². The highest BCUT2D eigenvalue weighted by Gasteiger charge is 2.14. The van der Waals surface area contributed by atoms with Gasteiger partial charge in [-0.3, -0.25) is 9.48 Å². The smallest absolute Gasteiger partial charge is 0.230 e. The zero-order valence-electron chi connectivity index (χ0n) is 18.6. The number of carbonyl (C=O) groups excluding carboxylic acids is 1. The molecule has 0 aliphatic heterocycles. The predicted octanol–water partition coefficient (Wildman–Crippen LogP) is 4.52. The van der Waals surface area contributed by atoms with Crippen molar-refractivity contribution in [3.8, 4) is 0 Å². The molecule has 4 rings (SSSR count). The Labute approximate surface area is 205 Å². The summed E-state index contributed by atoms with van der Waals surface area (Å²) >= 11 is 4.63. The summed E-state index contributed by atoms with van der Waals surface area (Å²) in [6, 6.07) is 14.4. The first-order valence-electron chi connectivity index (χ1n) is 10.6. The average molecular weight is 499 g/mol. The van der Waals surface area contributed by atoms with Crippen LogP contribution in [0.4, 0.5) is 5.13 Å². The number of hydrogen-bond donors (Lipinski definition) is 2. The molecule has 0 saturated heterocycles. The largest absolute Gasteiger partial charge is 0.360 e. The molecule has 33 heavy (non-hydrogen) atoms. The van der Waals surface area contributed by atoms with E-state index in [9.17, 15) is 4.79 Å². The second-order valence-electron chi connectivity index (χ2n) is 7.49. The van der Waals surface area contributed by atoms with Crippen LogP contribution in [-0.4, -0.2) is 38.2 Å². The van der Waals surface area contributed by atoms with E-state index in [0.29, 0.717) is 12.3 Å². The first kappa shape index (κ1) is 23.5. The van der Waals surface area contributed by atoms with Gasteiger partial charge < -0.3 is 10.6 Å². The average Bonchev–Trinajstić information content (AvgIpc) is 3.55. The number of carbonyl (C=O) groups is 1. The number of rotatable bonds is 11. The summed E-state index contributed by atoms with van der Waals surface area (Å²) in [6.45, 7) is 6.04. The topological polar surface area (TPSA) is 84.7 Å². The summed E-state index contributed by atoms with van der Waals surface area (Å²) in [4.78, 5) is 13.7. The number of anilines is 1. The van der Waals surface area contributed by atoms with E-state index in [4.69, 9.17) is 0 Å². The van der Waals surface area contributed by atoms with Crippen molar-refractivity contribution in [2.75, 3.05) is 17.6 Å². The Morgan fingerprint density at radius 3 is 2.76 bits per heavy atom. The zero-order valence-corrected chi connectivity index (χ0v) is 21.0. The van der Waals surface area contributed by atoms with Crippen LogP contribution in [0, 0.1) is 13.8 Å². The van der Waals surface area contributed by atoms with Crippen LogP contribution in [0.3, 0.4) is 0 Å². The first-order valence-corrected chi connectivity index (χ1v) is 13.3. The van der Waals surface area contributed by atoms with E-state index < -0.39 is 0 Å². The highest BCUT2D eigenvalue weighted by molar-refractivity contribution is 8.01. The SMILES string of the molecule is Cc1nn(Cc2ccccc2)c(C)c1CNC(=O)CSc1nnc(NCCc2cccs2)s1. The Morgan fingerprint density at radius 1 is 1.12 bits per heavy atom. The van der Waals surface area contributed by atoms with Crippen LogP contribution in [0.25, 0.3) is 0 Å². The van der Waals surface area contributed by atoms with Crippen LogP contribution in [0.5, 0.6) is 0 Å². The van der Waals surface area contributed by atoms with Crippen molar-refractivity contribution < 1.29 is 4.79 Å². The molecule has 172 valence electrons. The molecular formula is C23H26N6OS3. The minimum absolute atomic E-state index is 0.0305. The summed E-state index contributed by atoms with van der Waals surface area (Å²) in [5, 5.41) is 22.2. The van der Waals surface area contributed by atoms with Crippen molar-refractivity contribution in [2.45, 2.75) is 37.7 Å². The van der Waals surface area contributed by atoms with Gasteiger partial charge in [-0.2, -0.15) is 5.10 Å². The van der Waals surface area contributed by atoms with Crippen LogP contribution in [0.1, 0.15) is 27.4 Å². The molecule has 3 heterocycles. The van der Waals surface area contributed by atoms with Gasteiger partial charge in [0.1, 0.15) is 0 Å². The zero-order chi connectivity index (χ0) is 23.0. The minimum atomic E-state index is -0.0305. The third-order valence-electron chi connectivity index (χ3n) is 5.13. The Morgan fingerprint density at radius 2 is 1.97 bits per heavy atom. The van der Waals surface area contributed by atoms with Crippen LogP contribution in [-0.2, 0) is 24.3 Å². The number of thioether (sulfide) groups is 1. The maximum Gasteiger partial charge on any atom is 0.230 e. The molecule has 0 unspecified atom stereocenters. The Hall–Kier alpha value is -2.69. The number of aromatic nitrogens is 4. The number of nitrogens with one attached hydrogen (secondary N) is 2. The van der Waals surface area contributed by atoms with Crippen molar-refractivity contribution in [1.29, 1.82) is 0 Å². The molecule has 7 nitrogen and oxygen atoms in total. The molecule has 0 atom stereocenters. The van der Waals surface area contributed by atoms with E-state index in [1.807, 2.05) is 36.7 Å². The van der Waals surface area contributed by atoms with Crippen LogP contribution < -0.4 is 10.6 Å². The Bertz CT molecular complexity index is 1170. The van der Waals surface area contributed by atoms with Gasteiger partial charge in [0, 0.05) is 29.2 Å². The maximum atomic E-state index is 12.4. The fourth-order valence-electron chi connectivity index (χ4n) is 3.35. The van der Waals surface area contributed by atoms with Gasteiger partial charge in [0.25, 0.3) is 0 Å². The summed E-state index contributed by atoms with van der Waals surface area (Å²) < 4.78 is 2.78. The van der Waals surface area contributed by atoms with Crippen LogP contribution in [0.15, 0.2) is 52.2 Å². The maximum absolute atomic E-state index is 12.4. The fraction of sp³-hybridized carbons (Fsp3) is 0.304. The summed E-state index contributed by atoms with van der Waals surface area (Å²) in [7, 11) is 0. The first-order chi connectivity index (χ1) is 16.1. The van der Waals surface area contributed by atoms with E-state index in [2.05, 4.69) is 55.6 Å². The molecule has 0 spiro atoms. The van der Waals surface area contributed by atoms with E-state index in [1.165, 1.54) is 33.5 Å². The van der Waals surface area contributed by atoms with Gasteiger partial charge in [0.15, 0.2) is 4.34 Å². The van der Waals surface area contributed by atoms with E-state index in [-0.39, 0.29) is 5.91 Å². The molecule has 2 N–H and O–H groups in total. The van der Waals surface area contributed by atoms with Gasteiger partial charge in [-0.25, -0.2) is 0 Å². The summed E-state index contributed by atoms with van der Waals surface area (Å²) in [5.74, 6) is 0.275. The number of thiophene rings is 1. The lowest BCUT2D eigenvalue weighted by Gasteiger charge is -2.07. The highest BCUT2D eigenvalue weighted by Crippen LogP contribution is 2.25. The molecule has 0 radical (unpaired) electrons. The Balaban J connectivity index is 1.22. The second kappa shape index (κ2) is 11.4. The predicted molar refractivity (Wildman–Crippen MR) is 136 cm³/mol. The fourth-order valence-corrected chi connectivity index (χ4v) is 5.67. The summed E-state index contributed by atoms with van der Waals surface area (Å²) in [6.07, 6.45) is 0.961. The molecule has 1 aromatic carbocycles. The van der Waals surface area contributed by atoms with Crippen molar-refractivity contribution >= 4 is 45.5 Å². The third kappa shape index (κ3) is 6.66. The molecule has 3 aromatic heterocycles. The van der Waals surface area contributed by atoms with Crippen molar-refractivity contribution in [1.82, 2.24) is 25.3 Å². The number of benzene rings is 1. The van der Waals surface area contributed by atoms with Crippen LogP contribution >= 0.6 is 34.4 Å². The Kier molecular flexibility index (Phi) is 8.14. The van der Waals surface area contributed by atoms with E-state index in [0.717, 1.165) is 45.9 Å². The lowest BCUT2D eigenvalue weighted by molar-refractivity contribution is -0.118.